The molecule has 1 aliphatic heterocycles. The molecule has 0 aliphatic carbocycles. The van der Waals surface area contributed by atoms with Crippen LogP contribution in [0.3, 0.4) is 0 Å². The quantitative estimate of drug-likeness (QED) is 0.457. The maximum Gasteiger partial charge on any atom is 0.282 e. The first-order chi connectivity index (χ1) is 16.1. The fourth-order valence-electron chi connectivity index (χ4n) is 4.35. The fraction of sp³-hybridized carbons (Fsp3) is 0.241. The Morgan fingerprint density at radius 1 is 0.765 bits per heavy atom. The number of anilines is 2. The minimum Gasteiger partial charge on any atom is -0.491 e. The van der Waals surface area contributed by atoms with Crippen molar-refractivity contribution in [3.63, 3.8) is 0 Å². The summed E-state index contributed by atoms with van der Waals surface area (Å²) in [5.41, 5.74) is 6.73. The van der Waals surface area contributed by atoms with Crippen LogP contribution in [0.5, 0.6) is 5.75 Å². The number of carbonyl (C=O) groups excluding carboxylic acids is 2. The third-order valence-corrected chi connectivity index (χ3v) is 5.68. The summed E-state index contributed by atoms with van der Waals surface area (Å²) in [4.78, 5) is 28.7. The Bertz CT molecular complexity index is 1280. The Hall–Kier alpha value is -3.86. The van der Waals surface area contributed by atoms with Crippen molar-refractivity contribution in [3.05, 3.63) is 94.2 Å². The Kier molecular flexibility index (Phi) is 6.29. The molecule has 0 fully saturated rings. The first-order valence-electron chi connectivity index (χ1n) is 11.5. The first-order valence-corrected chi connectivity index (χ1v) is 11.5. The molecule has 0 saturated carbocycles. The van der Waals surface area contributed by atoms with Crippen LogP contribution in [0.4, 0.5) is 11.4 Å². The predicted molar refractivity (Wildman–Crippen MR) is 137 cm³/mol. The van der Waals surface area contributed by atoms with E-state index >= 15 is 0 Å². The van der Waals surface area contributed by atoms with Crippen molar-refractivity contribution in [1.82, 2.24) is 0 Å². The smallest absolute Gasteiger partial charge is 0.282 e. The molecule has 34 heavy (non-hydrogen) atoms. The van der Waals surface area contributed by atoms with Crippen molar-refractivity contribution >= 4 is 28.8 Å². The highest BCUT2D eigenvalue weighted by Crippen LogP contribution is 2.36. The van der Waals surface area contributed by atoms with E-state index in [0.29, 0.717) is 22.6 Å². The molecule has 5 nitrogen and oxygen atoms in total. The first kappa shape index (κ1) is 23.3. The molecular weight excluding hydrogens is 424 g/mol. The van der Waals surface area contributed by atoms with E-state index in [9.17, 15) is 9.59 Å². The second-order valence-electron chi connectivity index (χ2n) is 9.18. The van der Waals surface area contributed by atoms with Crippen molar-refractivity contribution in [2.45, 2.75) is 47.6 Å². The van der Waals surface area contributed by atoms with Crippen LogP contribution in [0.2, 0.25) is 0 Å². The summed E-state index contributed by atoms with van der Waals surface area (Å²) >= 11 is 0. The Balaban J connectivity index is 1.81. The average molecular weight is 455 g/mol. The second-order valence-corrected chi connectivity index (χ2v) is 9.18. The van der Waals surface area contributed by atoms with Gasteiger partial charge in [-0.1, -0.05) is 35.9 Å². The molecule has 174 valence electrons. The molecule has 0 unspecified atom stereocenters. The van der Waals surface area contributed by atoms with Gasteiger partial charge in [0.2, 0.25) is 0 Å². The molecule has 0 spiro atoms. The minimum atomic E-state index is -0.367. The van der Waals surface area contributed by atoms with Gasteiger partial charge in [-0.15, -0.1) is 0 Å². The number of imide groups is 1. The minimum absolute atomic E-state index is 0.0431. The van der Waals surface area contributed by atoms with Crippen LogP contribution in [-0.4, -0.2) is 17.9 Å². The van der Waals surface area contributed by atoms with Gasteiger partial charge < -0.3 is 10.1 Å². The third-order valence-electron chi connectivity index (χ3n) is 5.68. The summed E-state index contributed by atoms with van der Waals surface area (Å²) in [6, 6.07) is 19.0. The molecule has 1 aliphatic rings. The fourth-order valence-corrected chi connectivity index (χ4v) is 4.35. The zero-order valence-electron chi connectivity index (χ0n) is 20.5. The Morgan fingerprint density at radius 2 is 1.41 bits per heavy atom. The zero-order valence-corrected chi connectivity index (χ0v) is 20.5. The standard InChI is InChI=1S/C29H30N2O3/c1-17(2)34-24-10-8-22(9-11-24)26-27(30-23-15-19(4)13-20(5)16-23)29(33)31(28(26)32)25-12-7-18(3)14-21(25)6/h7-17,30H,1-6H3. The van der Waals surface area contributed by atoms with Crippen LogP contribution in [-0.2, 0) is 9.59 Å². The summed E-state index contributed by atoms with van der Waals surface area (Å²) < 4.78 is 5.75. The highest BCUT2D eigenvalue weighted by Gasteiger charge is 2.40. The molecule has 0 saturated heterocycles. The SMILES string of the molecule is Cc1cc(C)cc(NC2=C(c3ccc(OC(C)C)cc3)C(=O)N(c3ccc(C)cc3C)C2=O)c1. The number of aryl methyl sites for hydroxylation is 4. The summed E-state index contributed by atoms with van der Waals surface area (Å²) in [6.07, 6.45) is 0.0431. The van der Waals surface area contributed by atoms with Gasteiger partial charge in [0.25, 0.3) is 11.8 Å². The summed E-state index contributed by atoms with van der Waals surface area (Å²) in [6.45, 7) is 11.8. The lowest BCUT2D eigenvalue weighted by molar-refractivity contribution is -0.120. The van der Waals surface area contributed by atoms with E-state index in [0.717, 1.165) is 27.9 Å². The normalized spacial score (nSPS) is 13.8. The lowest BCUT2D eigenvalue weighted by atomic mass is 10.0. The summed E-state index contributed by atoms with van der Waals surface area (Å²) in [5, 5.41) is 3.27. The molecule has 0 atom stereocenters. The monoisotopic (exact) mass is 454 g/mol. The Labute approximate surface area is 201 Å². The van der Waals surface area contributed by atoms with E-state index in [2.05, 4.69) is 11.4 Å². The number of hydrogen-bond acceptors (Lipinski definition) is 4. The van der Waals surface area contributed by atoms with Crippen LogP contribution >= 0.6 is 0 Å². The number of nitrogens with one attached hydrogen (secondary N) is 1. The number of benzene rings is 3. The van der Waals surface area contributed by atoms with Crippen LogP contribution < -0.4 is 15.0 Å². The molecule has 1 N–H and O–H groups in total. The number of amides is 2. The maximum absolute atomic E-state index is 13.7. The van der Waals surface area contributed by atoms with Gasteiger partial charge in [0.1, 0.15) is 11.4 Å². The highest BCUT2D eigenvalue weighted by molar-refractivity contribution is 6.46. The molecule has 0 aromatic heterocycles. The van der Waals surface area contributed by atoms with Crippen molar-refractivity contribution < 1.29 is 14.3 Å². The molecule has 5 heteroatoms. The van der Waals surface area contributed by atoms with Gasteiger partial charge >= 0.3 is 0 Å². The zero-order chi connectivity index (χ0) is 24.6. The maximum atomic E-state index is 13.7. The van der Waals surface area contributed by atoms with E-state index in [-0.39, 0.29) is 23.6 Å². The third kappa shape index (κ3) is 4.60. The lowest BCUT2D eigenvalue weighted by Gasteiger charge is -2.18. The largest absolute Gasteiger partial charge is 0.491 e. The van der Waals surface area contributed by atoms with Gasteiger partial charge in [-0.3, -0.25) is 9.59 Å². The van der Waals surface area contributed by atoms with Crippen molar-refractivity contribution in [2.24, 2.45) is 0 Å². The number of nitrogens with zero attached hydrogens (tertiary/aromatic N) is 1. The van der Waals surface area contributed by atoms with E-state index in [4.69, 9.17) is 4.74 Å². The number of hydrogen-bond donors (Lipinski definition) is 1. The van der Waals surface area contributed by atoms with Crippen molar-refractivity contribution in [3.8, 4) is 5.75 Å². The summed E-state index contributed by atoms with van der Waals surface area (Å²) in [7, 11) is 0. The van der Waals surface area contributed by atoms with Crippen LogP contribution in [0, 0.1) is 27.7 Å². The molecule has 4 rings (SSSR count). The van der Waals surface area contributed by atoms with E-state index in [1.165, 1.54) is 4.90 Å². The van der Waals surface area contributed by atoms with Gasteiger partial charge in [0.05, 0.1) is 17.4 Å². The summed E-state index contributed by atoms with van der Waals surface area (Å²) in [5.74, 6) is 0.00107. The second kappa shape index (κ2) is 9.18. The molecule has 2 amide bonds. The molecule has 0 bridgehead atoms. The highest BCUT2D eigenvalue weighted by atomic mass is 16.5. The van der Waals surface area contributed by atoms with Gasteiger partial charge in [-0.2, -0.15) is 0 Å². The molecular formula is C29H30N2O3. The number of ether oxygens (including phenoxy) is 1. The van der Waals surface area contributed by atoms with Gasteiger partial charge in [-0.05, 0) is 94.1 Å². The van der Waals surface area contributed by atoms with Gasteiger partial charge in [0, 0.05) is 5.69 Å². The topological polar surface area (TPSA) is 58.6 Å². The van der Waals surface area contributed by atoms with Gasteiger partial charge in [-0.25, -0.2) is 4.90 Å². The van der Waals surface area contributed by atoms with E-state index in [1.54, 1.807) is 0 Å². The van der Waals surface area contributed by atoms with E-state index < -0.39 is 0 Å². The average Bonchev–Trinajstić information content (AvgIpc) is 2.97. The van der Waals surface area contributed by atoms with Crippen molar-refractivity contribution in [1.29, 1.82) is 0 Å². The van der Waals surface area contributed by atoms with Crippen LogP contribution in [0.1, 0.15) is 41.7 Å². The molecule has 0 radical (unpaired) electrons. The number of rotatable bonds is 6. The Morgan fingerprint density at radius 3 is 2.00 bits per heavy atom. The van der Waals surface area contributed by atoms with E-state index in [1.807, 2.05) is 96.1 Å². The predicted octanol–water partition coefficient (Wildman–Crippen LogP) is 6.10. The molecule has 3 aromatic carbocycles. The van der Waals surface area contributed by atoms with Gasteiger partial charge in [0.15, 0.2) is 0 Å². The van der Waals surface area contributed by atoms with Crippen molar-refractivity contribution in [2.75, 3.05) is 10.2 Å². The lowest BCUT2D eigenvalue weighted by Crippen LogP contribution is -2.33. The van der Waals surface area contributed by atoms with Crippen LogP contribution in [0.15, 0.2) is 66.4 Å². The van der Waals surface area contributed by atoms with Crippen LogP contribution in [0.25, 0.3) is 5.57 Å². The molecule has 3 aromatic rings. The molecule has 1 heterocycles. The number of carbonyl (C=O) groups is 2.